The lowest BCUT2D eigenvalue weighted by Crippen LogP contribution is -2.35. The first-order valence-electron chi connectivity index (χ1n) is 5.13. The molecule has 0 spiro atoms. The quantitative estimate of drug-likeness (QED) is 0.709. The van der Waals surface area contributed by atoms with Crippen LogP contribution in [-0.4, -0.2) is 6.17 Å². The third-order valence-corrected chi connectivity index (χ3v) is 2.02. The zero-order chi connectivity index (χ0) is 11.0. The molecule has 0 saturated heterocycles. The summed E-state index contributed by atoms with van der Waals surface area (Å²) >= 11 is 0. The van der Waals surface area contributed by atoms with E-state index in [1.807, 2.05) is 19.9 Å². The Bertz CT molecular complexity index is 211. The zero-order valence-electron chi connectivity index (χ0n) is 9.40. The number of aryl methyl sites for hydroxylation is 1. The van der Waals surface area contributed by atoms with Crippen molar-refractivity contribution >= 4 is 0 Å². The Labute approximate surface area is 87.3 Å². The molecule has 0 atom stereocenters. The first-order valence-corrected chi connectivity index (χ1v) is 5.13. The molecule has 1 rings (SSSR count). The molecule has 0 saturated carbocycles. The summed E-state index contributed by atoms with van der Waals surface area (Å²) in [5, 5.41) is 0. The predicted octanol–water partition coefficient (Wildman–Crippen LogP) is 2.13. The van der Waals surface area contributed by atoms with E-state index in [0.29, 0.717) is 5.92 Å². The van der Waals surface area contributed by atoms with E-state index in [2.05, 4.69) is 31.2 Å². The van der Waals surface area contributed by atoms with Crippen molar-refractivity contribution in [1.29, 1.82) is 0 Å². The number of rotatable bonds is 2. The molecule has 0 fully saturated rings. The third-order valence-electron chi connectivity index (χ3n) is 2.02. The Hall–Kier alpha value is -0.860. The SMILES string of the molecule is CC(C)C(N)N.CCc1ccccc1. The minimum atomic E-state index is -0.148. The molecule has 2 heteroatoms. The molecule has 14 heavy (non-hydrogen) atoms. The monoisotopic (exact) mass is 194 g/mol. The van der Waals surface area contributed by atoms with Gasteiger partial charge in [0.05, 0.1) is 6.17 Å². The summed E-state index contributed by atoms with van der Waals surface area (Å²) in [5.41, 5.74) is 11.8. The molecule has 0 amide bonds. The van der Waals surface area contributed by atoms with Crippen LogP contribution in [0, 0.1) is 5.92 Å². The normalized spacial score (nSPS) is 9.93. The Morgan fingerprint density at radius 1 is 1.07 bits per heavy atom. The minimum absolute atomic E-state index is 0.148. The maximum absolute atomic E-state index is 5.21. The van der Waals surface area contributed by atoms with Crippen molar-refractivity contribution in [2.24, 2.45) is 17.4 Å². The van der Waals surface area contributed by atoms with Gasteiger partial charge >= 0.3 is 0 Å². The lowest BCUT2D eigenvalue weighted by atomic mass is 10.2. The summed E-state index contributed by atoms with van der Waals surface area (Å²) in [4.78, 5) is 0. The molecule has 0 heterocycles. The zero-order valence-corrected chi connectivity index (χ0v) is 9.40. The highest BCUT2D eigenvalue weighted by Gasteiger charge is 1.96. The van der Waals surface area contributed by atoms with Gasteiger partial charge in [-0.25, -0.2) is 0 Å². The fraction of sp³-hybridized carbons (Fsp3) is 0.500. The second kappa shape index (κ2) is 7.54. The summed E-state index contributed by atoms with van der Waals surface area (Å²) in [7, 11) is 0. The van der Waals surface area contributed by atoms with Crippen LogP contribution >= 0.6 is 0 Å². The van der Waals surface area contributed by atoms with Crippen LogP contribution in [0.15, 0.2) is 30.3 Å². The van der Waals surface area contributed by atoms with E-state index in [9.17, 15) is 0 Å². The molecule has 0 radical (unpaired) electrons. The molecule has 2 nitrogen and oxygen atoms in total. The van der Waals surface area contributed by atoms with E-state index in [4.69, 9.17) is 11.5 Å². The number of nitrogens with two attached hydrogens (primary N) is 2. The number of hydrogen-bond donors (Lipinski definition) is 2. The second-order valence-corrected chi connectivity index (χ2v) is 3.66. The van der Waals surface area contributed by atoms with Crippen molar-refractivity contribution in [3.05, 3.63) is 35.9 Å². The molecule has 80 valence electrons. The number of benzene rings is 1. The van der Waals surface area contributed by atoms with Crippen molar-refractivity contribution in [3.8, 4) is 0 Å². The summed E-state index contributed by atoms with van der Waals surface area (Å²) in [6.45, 7) is 6.14. The molecular weight excluding hydrogens is 172 g/mol. The van der Waals surface area contributed by atoms with Crippen LogP contribution in [0.1, 0.15) is 26.3 Å². The summed E-state index contributed by atoms with van der Waals surface area (Å²) in [5.74, 6) is 0.407. The topological polar surface area (TPSA) is 52.0 Å². The third kappa shape index (κ3) is 6.63. The largest absolute Gasteiger partial charge is 0.316 e. The second-order valence-electron chi connectivity index (χ2n) is 3.66. The van der Waals surface area contributed by atoms with E-state index in [-0.39, 0.29) is 6.17 Å². The van der Waals surface area contributed by atoms with E-state index in [1.54, 1.807) is 0 Å². The van der Waals surface area contributed by atoms with Crippen LogP contribution in [-0.2, 0) is 6.42 Å². The van der Waals surface area contributed by atoms with Gasteiger partial charge in [0, 0.05) is 0 Å². The van der Waals surface area contributed by atoms with Gasteiger partial charge in [-0.15, -0.1) is 0 Å². The highest BCUT2D eigenvalue weighted by atomic mass is 14.9. The van der Waals surface area contributed by atoms with Crippen LogP contribution in [0.25, 0.3) is 0 Å². The lowest BCUT2D eigenvalue weighted by Gasteiger charge is -2.06. The van der Waals surface area contributed by atoms with Crippen molar-refractivity contribution in [2.75, 3.05) is 0 Å². The first kappa shape index (κ1) is 13.1. The highest BCUT2D eigenvalue weighted by molar-refractivity contribution is 5.13. The maximum atomic E-state index is 5.21. The smallest absolute Gasteiger partial charge is 0.0544 e. The molecule has 4 N–H and O–H groups in total. The maximum Gasteiger partial charge on any atom is 0.0544 e. The summed E-state index contributed by atoms with van der Waals surface area (Å²) in [6.07, 6.45) is 0.992. The molecular formula is C12H22N2. The van der Waals surface area contributed by atoms with Gasteiger partial charge in [-0.3, -0.25) is 0 Å². The molecule has 0 unspecified atom stereocenters. The Balaban J connectivity index is 0.000000255. The fourth-order valence-corrected chi connectivity index (χ4v) is 0.714. The van der Waals surface area contributed by atoms with Crippen LogP contribution in [0.5, 0.6) is 0 Å². The Kier molecular flexibility index (Phi) is 7.07. The van der Waals surface area contributed by atoms with Gasteiger partial charge in [-0.2, -0.15) is 0 Å². The van der Waals surface area contributed by atoms with Crippen LogP contribution < -0.4 is 11.5 Å². The highest BCUT2D eigenvalue weighted by Crippen LogP contribution is 1.96. The van der Waals surface area contributed by atoms with E-state index in [1.165, 1.54) is 5.56 Å². The van der Waals surface area contributed by atoms with Gasteiger partial charge in [0.1, 0.15) is 0 Å². The van der Waals surface area contributed by atoms with Crippen molar-refractivity contribution in [2.45, 2.75) is 33.4 Å². The molecule has 1 aromatic rings. The summed E-state index contributed by atoms with van der Waals surface area (Å²) < 4.78 is 0. The molecule has 0 aliphatic rings. The van der Waals surface area contributed by atoms with Crippen LogP contribution in [0.3, 0.4) is 0 Å². The molecule has 0 bridgehead atoms. The minimum Gasteiger partial charge on any atom is -0.316 e. The van der Waals surface area contributed by atoms with Gasteiger partial charge < -0.3 is 11.5 Å². The predicted molar refractivity (Wildman–Crippen MR) is 62.8 cm³/mol. The van der Waals surface area contributed by atoms with Crippen LogP contribution in [0.2, 0.25) is 0 Å². The van der Waals surface area contributed by atoms with E-state index >= 15 is 0 Å². The first-order chi connectivity index (χ1) is 6.57. The van der Waals surface area contributed by atoms with Gasteiger partial charge in [-0.1, -0.05) is 51.1 Å². The van der Waals surface area contributed by atoms with Gasteiger partial charge in [0.2, 0.25) is 0 Å². The van der Waals surface area contributed by atoms with Crippen molar-refractivity contribution in [1.82, 2.24) is 0 Å². The Morgan fingerprint density at radius 3 is 1.71 bits per heavy atom. The summed E-state index contributed by atoms with van der Waals surface area (Å²) in [6, 6.07) is 10.5. The van der Waals surface area contributed by atoms with Crippen molar-refractivity contribution in [3.63, 3.8) is 0 Å². The number of hydrogen-bond acceptors (Lipinski definition) is 2. The van der Waals surface area contributed by atoms with Gasteiger partial charge in [0.25, 0.3) is 0 Å². The molecule has 0 aliphatic heterocycles. The molecule has 1 aromatic carbocycles. The van der Waals surface area contributed by atoms with E-state index < -0.39 is 0 Å². The molecule has 0 aromatic heterocycles. The molecule has 0 aliphatic carbocycles. The Morgan fingerprint density at radius 2 is 1.50 bits per heavy atom. The van der Waals surface area contributed by atoms with E-state index in [0.717, 1.165) is 6.42 Å². The van der Waals surface area contributed by atoms with Crippen molar-refractivity contribution < 1.29 is 0 Å². The fourth-order valence-electron chi connectivity index (χ4n) is 0.714. The average molecular weight is 194 g/mol. The lowest BCUT2D eigenvalue weighted by molar-refractivity contribution is 0.509. The van der Waals surface area contributed by atoms with Gasteiger partial charge in [-0.05, 0) is 17.9 Å². The standard InChI is InChI=1S/C8H10.C4H12N2/c1-2-8-6-4-3-5-7-8;1-3(2)4(5)6/h3-7H,2H2,1H3;3-4H,5-6H2,1-2H3. The van der Waals surface area contributed by atoms with Crippen LogP contribution in [0.4, 0.5) is 0 Å². The van der Waals surface area contributed by atoms with Gasteiger partial charge in [0.15, 0.2) is 0 Å². The average Bonchev–Trinajstić information content (AvgIpc) is 2.20.